The number of hydrogen-bond donors (Lipinski definition) is 0. The minimum Gasteiger partial charge on any atom is -0.380 e. The number of anilines is 2. The molecule has 8 nitrogen and oxygen atoms in total. The van der Waals surface area contributed by atoms with Crippen LogP contribution >= 0.6 is 0 Å². The molecule has 1 unspecified atom stereocenters. The maximum Gasteiger partial charge on any atom is 0.266 e. The van der Waals surface area contributed by atoms with Crippen molar-refractivity contribution in [2.75, 3.05) is 36.5 Å². The van der Waals surface area contributed by atoms with Gasteiger partial charge in [0, 0.05) is 26.1 Å². The molecule has 3 aliphatic rings. The van der Waals surface area contributed by atoms with E-state index in [0.717, 1.165) is 35.7 Å². The van der Waals surface area contributed by atoms with Gasteiger partial charge in [-0.2, -0.15) is 0 Å². The second-order valence-corrected chi connectivity index (χ2v) is 13.4. The van der Waals surface area contributed by atoms with Crippen molar-refractivity contribution in [3.8, 4) is 0 Å². The van der Waals surface area contributed by atoms with Crippen LogP contribution in [0.5, 0.6) is 0 Å². The van der Waals surface area contributed by atoms with Crippen LogP contribution in [0.15, 0.2) is 58.3 Å². The standard InChI is InChI=1S/C24H31N3O5S2/c1-25(2)33(28,29)20-12-14-21(15-13-20)34(30,31)27-23-11-7-6-10-22(23)26(19-8-4-3-5-9-19)24(27)18-16-32-17-18/h6-7,10-15,18-19,24H,3-5,8-9,16-17H2,1-2H3. The molecule has 2 heterocycles. The van der Waals surface area contributed by atoms with E-state index >= 15 is 0 Å². The molecule has 1 aliphatic carbocycles. The van der Waals surface area contributed by atoms with E-state index < -0.39 is 20.0 Å². The summed E-state index contributed by atoms with van der Waals surface area (Å²) in [7, 11) is -4.70. The van der Waals surface area contributed by atoms with Crippen molar-refractivity contribution in [1.29, 1.82) is 0 Å². The van der Waals surface area contributed by atoms with Crippen LogP contribution in [0.3, 0.4) is 0 Å². The fourth-order valence-corrected chi connectivity index (χ4v) is 7.84. The minimum atomic E-state index is -3.95. The first kappa shape index (κ1) is 23.6. The van der Waals surface area contributed by atoms with Gasteiger partial charge in [-0.25, -0.2) is 25.4 Å². The normalized spacial score (nSPS) is 22.1. The van der Waals surface area contributed by atoms with E-state index in [4.69, 9.17) is 4.74 Å². The monoisotopic (exact) mass is 505 g/mol. The quantitative estimate of drug-likeness (QED) is 0.599. The molecular weight excluding hydrogens is 474 g/mol. The van der Waals surface area contributed by atoms with Crippen LogP contribution in [0.1, 0.15) is 32.1 Å². The van der Waals surface area contributed by atoms with Gasteiger partial charge in [-0.15, -0.1) is 0 Å². The lowest BCUT2D eigenvalue weighted by Gasteiger charge is -2.45. The smallest absolute Gasteiger partial charge is 0.266 e. The van der Waals surface area contributed by atoms with Crippen molar-refractivity contribution in [3.05, 3.63) is 48.5 Å². The van der Waals surface area contributed by atoms with E-state index in [9.17, 15) is 16.8 Å². The Bertz CT molecular complexity index is 1250. The fraction of sp³-hybridized carbons (Fsp3) is 0.500. The van der Waals surface area contributed by atoms with E-state index in [-0.39, 0.29) is 27.9 Å². The van der Waals surface area contributed by atoms with Crippen LogP contribution in [0.2, 0.25) is 0 Å². The highest BCUT2D eigenvalue weighted by molar-refractivity contribution is 7.93. The summed E-state index contributed by atoms with van der Waals surface area (Å²) in [6.45, 7) is 1.04. The topological polar surface area (TPSA) is 87.2 Å². The van der Waals surface area contributed by atoms with Gasteiger partial charge >= 0.3 is 0 Å². The molecule has 1 saturated carbocycles. The van der Waals surface area contributed by atoms with E-state index in [2.05, 4.69) is 4.90 Å². The van der Waals surface area contributed by atoms with Gasteiger partial charge < -0.3 is 9.64 Å². The summed E-state index contributed by atoms with van der Waals surface area (Å²) in [6.07, 6.45) is 5.24. The van der Waals surface area contributed by atoms with Gasteiger partial charge in [0.05, 0.1) is 34.4 Å². The first-order valence-corrected chi connectivity index (χ1v) is 14.6. The highest BCUT2D eigenvalue weighted by atomic mass is 32.2. The Hall–Kier alpha value is -2.14. The molecule has 0 bridgehead atoms. The molecular formula is C24H31N3O5S2. The third-order valence-corrected chi connectivity index (χ3v) is 10.8. The van der Waals surface area contributed by atoms with Gasteiger partial charge in [0.25, 0.3) is 10.0 Å². The van der Waals surface area contributed by atoms with Gasteiger partial charge in [0.2, 0.25) is 10.0 Å². The Morgan fingerprint density at radius 2 is 1.41 bits per heavy atom. The molecule has 2 aliphatic heterocycles. The Morgan fingerprint density at radius 1 is 0.824 bits per heavy atom. The fourth-order valence-electron chi connectivity index (χ4n) is 5.26. The molecule has 1 saturated heterocycles. The number of fused-ring (bicyclic) bond motifs is 1. The lowest BCUT2D eigenvalue weighted by molar-refractivity contribution is -0.0433. The lowest BCUT2D eigenvalue weighted by Crippen LogP contribution is -2.58. The van der Waals surface area contributed by atoms with Gasteiger partial charge in [0.15, 0.2) is 0 Å². The van der Waals surface area contributed by atoms with Crippen LogP contribution in [-0.4, -0.2) is 60.7 Å². The predicted molar refractivity (Wildman–Crippen MR) is 131 cm³/mol. The van der Waals surface area contributed by atoms with E-state index in [0.29, 0.717) is 18.9 Å². The number of sulfonamides is 2. The first-order chi connectivity index (χ1) is 16.2. The van der Waals surface area contributed by atoms with Crippen LogP contribution in [0.4, 0.5) is 11.4 Å². The zero-order chi connectivity index (χ0) is 24.1. The SMILES string of the molecule is CN(C)S(=O)(=O)c1ccc(S(=O)(=O)N2c3ccccc3N(C3CCCCC3)C2C2COC2)cc1. The van der Waals surface area contributed by atoms with Crippen molar-refractivity contribution in [2.45, 2.75) is 54.1 Å². The van der Waals surface area contributed by atoms with E-state index in [1.54, 1.807) is 4.31 Å². The van der Waals surface area contributed by atoms with Crippen molar-refractivity contribution in [1.82, 2.24) is 4.31 Å². The number of rotatable bonds is 6. The summed E-state index contributed by atoms with van der Waals surface area (Å²) in [5.41, 5.74) is 1.62. The van der Waals surface area contributed by atoms with Crippen molar-refractivity contribution in [2.24, 2.45) is 5.92 Å². The van der Waals surface area contributed by atoms with Crippen molar-refractivity contribution < 1.29 is 21.6 Å². The molecule has 2 fully saturated rings. The van der Waals surface area contributed by atoms with Crippen LogP contribution in [0, 0.1) is 5.92 Å². The Morgan fingerprint density at radius 3 is 1.97 bits per heavy atom. The second-order valence-electron chi connectivity index (χ2n) is 9.46. The van der Waals surface area contributed by atoms with Gasteiger partial charge in [-0.1, -0.05) is 31.4 Å². The zero-order valence-electron chi connectivity index (χ0n) is 19.5. The van der Waals surface area contributed by atoms with Gasteiger partial charge in [-0.05, 0) is 49.2 Å². The van der Waals surface area contributed by atoms with Crippen molar-refractivity contribution in [3.63, 3.8) is 0 Å². The summed E-state index contributed by atoms with van der Waals surface area (Å²) in [5.74, 6) is 0.0671. The molecule has 1 atom stereocenters. The lowest BCUT2D eigenvalue weighted by atomic mass is 9.92. The number of nitrogens with zero attached hydrogens (tertiary/aromatic N) is 3. The maximum absolute atomic E-state index is 14.1. The molecule has 2 aromatic rings. The maximum atomic E-state index is 14.1. The average Bonchev–Trinajstić information content (AvgIpc) is 3.13. The molecule has 34 heavy (non-hydrogen) atoms. The van der Waals surface area contributed by atoms with E-state index in [1.807, 2.05) is 24.3 Å². The van der Waals surface area contributed by atoms with Crippen LogP contribution in [0.25, 0.3) is 0 Å². The van der Waals surface area contributed by atoms with Gasteiger partial charge in [-0.3, -0.25) is 0 Å². The number of ether oxygens (including phenoxy) is 1. The molecule has 184 valence electrons. The first-order valence-electron chi connectivity index (χ1n) is 11.7. The Balaban J connectivity index is 1.58. The zero-order valence-corrected chi connectivity index (χ0v) is 21.1. The molecule has 5 rings (SSSR count). The Kier molecular flexibility index (Phi) is 6.12. The summed E-state index contributed by atoms with van der Waals surface area (Å²) >= 11 is 0. The molecule has 2 aromatic carbocycles. The minimum absolute atomic E-state index is 0.0612. The number of para-hydroxylation sites is 2. The van der Waals surface area contributed by atoms with Gasteiger partial charge in [0.1, 0.15) is 6.17 Å². The molecule has 0 aromatic heterocycles. The third kappa shape index (κ3) is 3.80. The number of hydrogen-bond acceptors (Lipinski definition) is 6. The summed E-state index contributed by atoms with van der Waals surface area (Å²) in [6, 6.07) is 13.5. The molecule has 0 spiro atoms. The van der Waals surface area contributed by atoms with Crippen molar-refractivity contribution >= 4 is 31.4 Å². The average molecular weight is 506 g/mol. The summed E-state index contributed by atoms with van der Waals surface area (Å²) < 4.78 is 61.2. The largest absolute Gasteiger partial charge is 0.380 e. The predicted octanol–water partition coefficient (Wildman–Crippen LogP) is 3.26. The number of benzene rings is 2. The molecule has 0 N–H and O–H groups in total. The van der Waals surface area contributed by atoms with Crippen LogP contribution < -0.4 is 9.21 Å². The molecule has 10 heteroatoms. The Labute approximate surface area is 202 Å². The van der Waals surface area contributed by atoms with Crippen LogP contribution in [-0.2, 0) is 24.8 Å². The second kappa shape index (κ2) is 8.82. The van der Waals surface area contributed by atoms with E-state index in [1.165, 1.54) is 44.8 Å². The molecule has 0 amide bonds. The highest BCUT2D eigenvalue weighted by Crippen LogP contribution is 2.48. The molecule has 0 radical (unpaired) electrons. The summed E-state index contributed by atoms with van der Waals surface area (Å²) in [5, 5.41) is 0. The summed E-state index contributed by atoms with van der Waals surface area (Å²) in [4.78, 5) is 2.46. The third-order valence-electron chi connectivity index (χ3n) is 7.14. The highest BCUT2D eigenvalue weighted by Gasteiger charge is 2.50.